The number of nitrogens with zero attached hydrogens (tertiary/aromatic N) is 4. The molecule has 0 bridgehead atoms. The minimum atomic E-state index is -0.0865. The summed E-state index contributed by atoms with van der Waals surface area (Å²) in [7, 11) is 2.06. The molecule has 1 aliphatic rings. The van der Waals surface area contributed by atoms with E-state index in [2.05, 4.69) is 82.2 Å². The number of thiophene rings is 1. The lowest BCUT2D eigenvalue weighted by molar-refractivity contribution is -0.115. The van der Waals surface area contributed by atoms with Gasteiger partial charge in [0, 0.05) is 53.3 Å². The van der Waals surface area contributed by atoms with Crippen LogP contribution in [-0.2, 0) is 11.2 Å². The van der Waals surface area contributed by atoms with E-state index in [9.17, 15) is 4.79 Å². The summed E-state index contributed by atoms with van der Waals surface area (Å²) in [6, 6.07) is 20.4. The third-order valence-corrected chi connectivity index (χ3v) is 8.69. The van der Waals surface area contributed by atoms with Gasteiger partial charge in [0.2, 0.25) is 5.91 Å². The molecule has 0 saturated carbocycles. The van der Waals surface area contributed by atoms with Crippen LogP contribution in [0, 0.1) is 6.92 Å². The Hall–Kier alpha value is -5.08. The third-order valence-electron chi connectivity index (χ3n) is 8.01. The first-order valence-electron chi connectivity index (χ1n) is 14.2. The molecule has 212 valence electrons. The lowest BCUT2D eigenvalue weighted by Crippen LogP contribution is -2.32. The molecule has 0 saturated heterocycles. The molecule has 7 rings (SSSR count). The first-order chi connectivity index (χ1) is 20.9. The summed E-state index contributed by atoms with van der Waals surface area (Å²) < 4.78 is 0. The maximum atomic E-state index is 12.7. The Kier molecular flexibility index (Phi) is 6.83. The molecular weight excluding hydrogens is 552 g/mol. The quantitative estimate of drug-likeness (QED) is 0.212. The maximum absolute atomic E-state index is 12.7. The third kappa shape index (κ3) is 5.10. The molecule has 0 spiro atoms. The van der Waals surface area contributed by atoms with Crippen LogP contribution in [0.4, 0.5) is 11.5 Å². The highest BCUT2D eigenvalue weighted by atomic mass is 32.1. The fraction of sp³-hybridized carbons (Fsp3) is 0.143. The minimum Gasteiger partial charge on any atom is -0.353 e. The number of nitrogens with one attached hydrogen (secondary N) is 2. The highest BCUT2D eigenvalue weighted by Gasteiger charge is 2.26. The number of aromatic amines is 1. The number of likely N-dealkylation sites (N-methyl/N-ethyl adjacent to an activating group) is 1. The Labute approximate surface area is 254 Å². The fourth-order valence-corrected chi connectivity index (χ4v) is 6.26. The number of aryl methyl sites for hydroxylation is 1. The number of rotatable bonds is 6. The number of anilines is 2. The average molecular weight is 583 g/mol. The van der Waals surface area contributed by atoms with Crippen LogP contribution >= 0.6 is 11.3 Å². The van der Waals surface area contributed by atoms with Crippen LogP contribution in [0.15, 0.2) is 96.1 Å². The van der Waals surface area contributed by atoms with Crippen molar-refractivity contribution in [2.75, 3.05) is 17.3 Å². The van der Waals surface area contributed by atoms with Gasteiger partial charge in [-0.3, -0.25) is 9.78 Å². The normalized spacial score (nSPS) is 14.4. The van der Waals surface area contributed by atoms with Crippen LogP contribution in [0.3, 0.4) is 0 Å². The van der Waals surface area contributed by atoms with Gasteiger partial charge in [0.15, 0.2) is 0 Å². The van der Waals surface area contributed by atoms with Crippen molar-refractivity contribution < 1.29 is 4.79 Å². The van der Waals surface area contributed by atoms with E-state index in [1.807, 2.05) is 42.6 Å². The number of pyridine rings is 2. The van der Waals surface area contributed by atoms with Crippen molar-refractivity contribution in [1.82, 2.24) is 19.9 Å². The van der Waals surface area contributed by atoms with E-state index in [1.54, 1.807) is 23.7 Å². The van der Waals surface area contributed by atoms with E-state index in [0.717, 1.165) is 61.6 Å². The van der Waals surface area contributed by atoms with Gasteiger partial charge in [-0.15, -0.1) is 0 Å². The van der Waals surface area contributed by atoms with Gasteiger partial charge in [-0.2, -0.15) is 11.3 Å². The van der Waals surface area contributed by atoms with Gasteiger partial charge < -0.3 is 15.2 Å². The molecule has 5 heterocycles. The minimum absolute atomic E-state index is 0.0865. The van der Waals surface area contributed by atoms with Crippen molar-refractivity contribution in [3.8, 4) is 22.3 Å². The molecule has 7 nitrogen and oxygen atoms in total. The zero-order valence-corrected chi connectivity index (χ0v) is 24.9. The van der Waals surface area contributed by atoms with Crippen LogP contribution in [0.25, 0.3) is 38.9 Å². The average Bonchev–Trinajstić information content (AvgIpc) is 3.71. The van der Waals surface area contributed by atoms with E-state index in [4.69, 9.17) is 9.97 Å². The summed E-state index contributed by atoms with van der Waals surface area (Å²) >= 11 is 1.69. The lowest BCUT2D eigenvalue weighted by atomic mass is 9.95. The molecule has 1 amide bonds. The van der Waals surface area contributed by atoms with E-state index in [0.29, 0.717) is 12.1 Å². The zero-order valence-electron chi connectivity index (χ0n) is 24.1. The Bertz CT molecular complexity index is 1990. The second-order valence-corrected chi connectivity index (χ2v) is 11.7. The largest absolute Gasteiger partial charge is 0.353 e. The van der Waals surface area contributed by atoms with Crippen molar-refractivity contribution in [3.63, 3.8) is 0 Å². The van der Waals surface area contributed by atoms with Crippen molar-refractivity contribution in [1.29, 1.82) is 0 Å². The van der Waals surface area contributed by atoms with Crippen LogP contribution in [0.5, 0.6) is 0 Å². The smallest absolute Gasteiger partial charge is 0.228 e. The first kappa shape index (κ1) is 26.8. The molecule has 2 N–H and O–H groups in total. The van der Waals surface area contributed by atoms with Crippen LogP contribution in [0.1, 0.15) is 29.4 Å². The molecule has 0 radical (unpaired) electrons. The fourth-order valence-electron chi connectivity index (χ4n) is 5.60. The second-order valence-electron chi connectivity index (χ2n) is 11.0. The number of benzene rings is 2. The van der Waals surface area contributed by atoms with Crippen molar-refractivity contribution in [3.05, 3.63) is 119 Å². The molecule has 0 unspecified atom stereocenters. The van der Waals surface area contributed by atoms with Crippen molar-refractivity contribution in [2.24, 2.45) is 0 Å². The summed E-state index contributed by atoms with van der Waals surface area (Å²) in [6.07, 6.45) is 7.88. The number of fused-ring (bicyclic) bond motifs is 2. The number of amides is 1. The predicted molar refractivity (Wildman–Crippen MR) is 175 cm³/mol. The van der Waals surface area contributed by atoms with E-state index in [1.165, 1.54) is 5.56 Å². The standard InChI is InChI=1S/C35H30N6OS/c1-21-9-10-28(24-11-12-43-20-24)33-32(21)39-34(40-33)29-13-22(2)41(3)35-30(29)16-26(18-37-35)25-15-27(19-36-17-25)38-31(42)14-23-7-5-4-6-8-23/h4-13,15-20,22H,14H2,1-3H3,(H,38,42)(H,39,40)/t22-/m1/s1. The maximum Gasteiger partial charge on any atom is 0.228 e. The summed E-state index contributed by atoms with van der Waals surface area (Å²) in [5.74, 6) is 1.63. The van der Waals surface area contributed by atoms with Gasteiger partial charge in [-0.1, -0.05) is 48.5 Å². The van der Waals surface area contributed by atoms with Gasteiger partial charge in [0.1, 0.15) is 11.6 Å². The van der Waals surface area contributed by atoms with Crippen LogP contribution < -0.4 is 10.2 Å². The van der Waals surface area contributed by atoms with E-state index >= 15 is 0 Å². The summed E-state index contributed by atoms with van der Waals surface area (Å²) in [6.45, 7) is 4.26. The molecule has 0 fully saturated rings. The number of hydrogen-bond acceptors (Lipinski definition) is 6. The molecule has 6 aromatic rings. The molecule has 2 aromatic carbocycles. The summed E-state index contributed by atoms with van der Waals surface area (Å²) in [4.78, 5) is 33.0. The number of H-pyrrole nitrogens is 1. The van der Waals surface area contributed by atoms with Crippen molar-refractivity contribution >= 4 is 45.4 Å². The topological polar surface area (TPSA) is 86.8 Å². The predicted octanol–water partition coefficient (Wildman–Crippen LogP) is 7.51. The molecule has 1 atom stereocenters. The van der Waals surface area contributed by atoms with E-state index in [-0.39, 0.29) is 11.9 Å². The van der Waals surface area contributed by atoms with E-state index < -0.39 is 0 Å². The Morgan fingerprint density at radius 3 is 2.65 bits per heavy atom. The van der Waals surface area contributed by atoms with Gasteiger partial charge in [0.25, 0.3) is 0 Å². The molecule has 1 aliphatic heterocycles. The highest BCUT2D eigenvalue weighted by molar-refractivity contribution is 7.08. The lowest BCUT2D eigenvalue weighted by Gasteiger charge is -2.31. The zero-order chi connectivity index (χ0) is 29.5. The summed E-state index contributed by atoms with van der Waals surface area (Å²) in [5.41, 5.74) is 10.9. The Balaban J connectivity index is 1.25. The molecule has 8 heteroatoms. The number of carbonyl (C=O) groups is 1. The molecule has 43 heavy (non-hydrogen) atoms. The van der Waals surface area contributed by atoms with Crippen LogP contribution in [0.2, 0.25) is 0 Å². The van der Waals surface area contributed by atoms with Gasteiger partial charge >= 0.3 is 0 Å². The number of aromatic nitrogens is 4. The SMILES string of the molecule is Cc1ccc(-c2ccsc2)c2[nH]c(C3=C[C@@H](C)N(C)c4ncc(-c5cncc(NC(=O)Cc6ccccc6)c5)cc43)nc12. The number of imidazole rings is 1. The molecular formula is C35H30N6OS. The Morgan fingerprint density at radius 2 is 1.84 bits per heavy atom. The molecule has 4 aromatic heterocycles. The number of carbonyl (C=O) groups excluding carboxylic acids is 1. The van der Waals surface area contributed by atoms with Crippen molar-refractivity contribution in [2.45, 2.75) is 26.3 Å². The van der Waals surface area contributed by atoms with Gasteiger partial charge in [-0.25, -0.2) is 9.97 Å². The second kappa shape index (κ2) is 11.0. The van der Waals surface area contributed by atoms with Gasteiger partial charge in [-0.05, 0) is 59.5 Å². The molecule has 0 aliphatic carbocycles. The Morgan fingerprint density at radius 1 is 1.00 bits per heavy atom. The number of hydrogen-bond donors (Lipinski definition) is 2. The van der Waals surface area contributed by atoms with Gasteiger partial charge in [0.05, 0.1) is 29.3 Å². The summed E-state index contributed by atoms with van der Waals surface area (Å²) in [5, 5.41) is 7.26. The highest BCUT2D eigenvalue weighted by Crippen LogP contribution is 2.39. The van der Waals surface area contributed by atoms with Crippen LogP contribution in [-0.4, -0.2) is 38.9 Å². The monoisotopic (exact) mass is 582 g/mol. The first-order valence-corrected chi connectivity index (χ1v) is 15.2.